The highest BCUT2D eigenvalue weighted by atomic mass is 32.2. The summed E-state index contributed by atoms with van der Waals surface area (Å²) in [5.74, 6) is -0.596. The number of hydrogen-bond donors (Lipinski definition) is 1. The molecule has 0 spiro atoms. The number of thioether (sulfide) groups is 1. The van der Waals surface area contributed by atoms with Crippen LogP contribution in [0.4, 0.5) is 13.2 Å². The Hall–Kier alpha value is -0.910. The minimum atomic E-state index is -5.11. The van der Waals surface area contributed by atoms with Gasteiger partial charge in [0.15, 0.2) is 5.75 Å². The molecule has 1 N–H and O–H groups in total. The summed E-state index contributed by atoms with van der Waals surface area (Å²) in [5, 5.41) is 0. The van der Waals surface area contributed by atoms with Gasteiger partial charge in [0, 0.05) is 9.46 Å². The lowest BCUT2D eigenvalue weighted by Crippen LogP contribution is -2.20. The molecule has 0 amide bonds. The Morgan fingerprint density at radius 2 is 2.00 bits per heavy atom. The van der Waals surface area contributed by atoms with Crippen molar-refractivity contribution in [3.05, 3.63) is 18.2 Å². The highest BCUT2D eigenvalue weighted by Gasteiger charge is 2.36. The van der Waals surface area contributed by atoms with Crippen molar-refractivity contribution in [2.45, 2.75) is 23.1 Å². The van der Waals surface area contributed by atoms with Crippen LogP contribution in [-0.2, 0) is 23.4 Å². The van der Waals surface area contributed by atoms with Gasteiger partial charge in [0.05, 0.1) is 0 Å². The second-order valence-corrected chi connectivity index (χ2v) is 7.21. The third-order valence-electron chi connectivity index (χ3n) is 2.08. The summed E-state index contributed by atoms with van der Waals surface area (Å²) in [4.78, 5) is 7.54. The van der Waals surface area contributed by atoms with E-state index in [4.69, 9.17) is 4.89 Å². The van der Waals surface area contributed by atoms with Crippen LogP contribution in [0, 0.1) is 0 Å². The largest absolute Gasteiger partial charge is 0.697 e. The van der Waals surface area contributed by atoms with E-state index in [1.807, 2.05) is 0 Å². The van der Waals surface area contributed by atoms with Crippen molar-refractivity contribution in [1.82, 2.24) is 0 Å². The Bertz CT molecular complexity index is 663. The van der Waals surface area contributed by atoms with Crippen LogP contribution in [-0.4, -0.2) is 32.2 Å². The topological polar surface area (TPSA) is 99.1 Å². The smallest absolute Gasteiger partial charge is 0.404 e. The molecule has 0 aliphatic heterocycles. The van der Waals surface area contributed by atoms with Crippen LogP contribution >= 0.6 is 20.0 Å². The molecule has 0 heterocycles. The van der Waals surface area contributed by atoms with Crippen molar-refractivity contribution in [2.75, 3.05) is 12.5 Å². The maximum absolute atomic E-state index is 12.4. The van der Waals surface area contributed by atoms with E-state index in [-0.39, 0.29) is 4.90 Å². The second-order valence-electron chi connectivity index (χ2n) is 3.62. The fourth-order valence-electron chi connectivity index (χ4n) is 1.41. The molecular formula is C10H11F3O7PS2+. The number of alkyl halides is 3. The van der Waals surface area contributed by atoms with Crippen molar-refractivity contribution in [1.29, 1.82) is 0 Å². The van der Waals surface area contributed by atoms with Crippen molar-refractivity contribution >= 4 is 30.1 Å². The van der Waals surface area contributed by atoms with Crippen molar-refractivity contribution in [3.8, 4) is 5.75 Å². The minimum absolute atomic E-state index is 0.0253. The van der Waals surface area contributed by atoms with Crippen molar-refractivity contribution in [3.63, 3.8) is 0 Å². The van der Waals surface area contributed by atoms with E-state index in [0.29, 0.717) is 5.75 Å². The summed E-state index contributed by atoms with van der Waals surface area (Å²) in [7, 11) is -7.84. The molecule has 7 nitrogen and oxygen atoms in total. The SMILES string of the molecule is CCSc1cccc(OC(F)(F)F)c1S(=O)(=O)OCO[P+](=O)O. The van der Waals surface area contributed by atoms with Gasteiger partial charge in [-0.25, -0.2) is 4.18 Å². The first-order valence-electron chi connectivity index (χ1n) is 5.77. The van der Waals surface area contributed by atoms with Gasteiger partial charge in [0.2, 0.25) is 6.79 Å². The van der Waals surface area contributed by atoms with Gasteiger partial charge in [0.25, 0.3) is 0 Å². The summed E-state index contributed by atoms with van der Waals surface area (Å²) in [6.45, 7) is 0.531. The molecule has 0 aromatic heterocycles. The Balaban J connectivity index is 3.25. The lowest BCUT2D eigenvalue weighted by Gasteiger charge is -2.15. The zero-order chi connectivity index (χ0) is 17.7. The molecule has 23 heavy (non-hydrogen) atoms. The first-order valence-corrected chi connectivity index (χ1v) is 9.29. The van der Waals surface area contributed by atoms with Gasteiger partial charge < -0.3 is 4.74 Å². The molecule has 0 aliphatic carbocycles. The molecule has 1 rings (SSSR count). The van der Waals surface area contributed by atoms with Crippen LogP contribution in [0.15, 0.2) is 28.0 Å². The molecule has 0 bridgehead atoms. The standard InChI is InChI=1S/C10H10F3O7PS2/c1-2-22-8-5-3-4-7(20-10(11,12)13)9(8)23(16,17)19-6-18-21(14)15/h3-5H,2,6H2,1H3/p+1. The molecule has 130 valence electrons. The lowest BCUT2D eigenvalue weighted by molar-refractivity contribution is -0.275. The Labute approximate surface area is 134 Å². The average Bonchev–Trinajstić information content (AvgIpc) is 2.36. The summed E-state index contributed by atoms with van der Waals surface area (Å²) >= 11 is 0.954. The summed E-state index contributed by atoms with van der Waals surface area (Å²) in [5.41, 5.74) is 0. The fraction of sp³-hybridized carbons (Fsp3) is 0.400. The van der Waals surface area contributed by atoms with Gasteiger partial charge >= 0.3 is 24.7 Å². The van der Waals surface area contributed by atoms with Gasteiger partial charge in [0.1, 0.15) is 4.90 Å². The highest BCUT2D eigenvalue weighted by Crippen LogP contribution is 2.37. The second kappa shape index (κ2) is 8.27. The predicted octanol–water partition coefficient (Wildman–Crippen LogP) is 3.03. The molecule has 0 saturated carbocycles. The molecule has 1 unspecified atom stereocenters. The molecular weight excluding hydrogens is 384 g/mol. The third kappa shape index (κ3) is 6.61. The van der Waals surface area contributed by atoms with E-state index in [2.05, 4.69) is 13.4 Å². The average molecular weight is 395 g/mol. The quantitative estimate of drug-likeness (QED) is 0.310. The summed E-state index contributed by atoms with van der Waals surface area (Å²) < 4.78 is 83.8. The third-order valence-corrected chi connectivity index (χ3v) is 4.81. The number of hydrogen-bond acceptors (Lipinski definition) is 7. The molecule has 0 fully saturated rings. The van der Waals surface area contributed by atoms with Crippen LogP contribution in [0.25, 0.3) is 0 Å². The molecule has 1 atom stereocenters. The van der Waals surface area contributed by atoms with E-state index in [1.165, 1.54) is 12.1 Å². The van der Waals surface area contributed by atoms with Gasteiger partial charge in [-0.1, -0.05) is 17.5 Å². The zero-order valence-corrected chi connectivity index (χ0v) is 14.0. The fourth-order valence-corrected chi connectivity index (χ4v) is 3.78. The maximum Gasteiger partial charge on any atom is 0.697 e. The highest BCUT2D eigenvalue weighted by molar-refractivity contribution is 8.00. The van der Waals surface area contributed by atoms with Crippen LogP contribution in [0.1, 0.15) is 6.92 Å². The van der Waals surface area contributed by atoms with Gasteiger partial charge in [-0.2, -0.15) is 8.42 Å². The van der Waals surface area contributed by atoms with Crippen LogP contribution < -0.4 is 4.74 Å². The van der Waals surface area contributed by atoms with E-state index in [9.17, 15) is 26.2 Å². The Morgan fingerprint density at radius 3 is 2.52 bits per heavy atom. The molecule has 1 aromatic rings. The van der Waals surface area contributed by atoms with Crippen molar-refractivity contribution in [2.24, 2.45) is 0 Å². The molecule has 0 aliphatic rings. The molecule has 1 aromatic carbocycles. The number of ether oxygens (including phenoxy) is 1. The summed E-state index contributed by atoms with van der Waals surface area (Å²) in [6.07, 6.45) is -5.11. The first-order chi connectivity index (χ1) is 10.6. The van der Waals surface area contributed by atoms with Gasteiger partial charge in [-0.3, -0.25) is 0 Å². The van der Waals surface area contributed by atoms with Crippen molar-refractivity contribution < 1.29 is 44.5 Å². The minimum Gasteiger partial charge on any atom is -0.404 e. The maximum atomic E-state index is 12.4. The zero-order valence-electron chi connectivity index (χ0n) is 11.4. The number of benzene rings is 1. The Kier molecular flexibility index (Phi) is 7.24. The van der Waals surface area contributed by atoms with Gasteiger partial charge in [-0.05, 0) is 17.9 Å². The predicted molar refractivity (Wildman–Crippen MR) is 73.6 cm³/mol. The van der Waals surface area contributed by atoms with Crippen LogP contribution in [0.3, 0.4) is 0 Å². The number of rotatable bonds is 8. The van der Waals surface area contributed by atoms with Gasteiger partial charge in [-0.15, -0.1) is 29.8 Å². The molecule has 0 saturated heterocycles. The Morgan fingerprint density at radius 1 is 1.35 bits per heavy atom. The van der Waals surface area contributed by atoms with E-state index in [1.54, 1.807) is 6.92 Å². The molecule has 13 heteroatoms. The van der Waals surface area contributed by atoms with Crippen LogP contribution in [0.2, 0.25) is 0 Å². The summed E-state index contributed by atoms with van der Waals surface area (Å²) in [6, 6.07) is 3.29. The monoisotopic (exact) mass is 395 g/mol. The van der Waals surface area contributed by atoms with E-state index in [0.717, 1.165) is 17.8 Å². The van der Waals surface area contributed by atoms with E-state index >= 15 is 0 Å². The normalized spacial score (nSPS) is 13.0. The lowest BCUT2D eigenvalue weighted by atomic mass is 10.3. The van der Waals surface area contributed by atoms with E-state index < -0.39 is 42.2 Å². The first kappa shape index (κ1) is 20.1. The number of halogens is 3. The molecule has 0 radical (unpaired) electrons. The van der Waals surface area contributed by atoms with Crippen LogP contribution in [0.5, 0.6) is 5.75 Å².